The van der Waals surface area contributed by atoms with E-state index in [1.165, 1.54) is 18.2 Å². The number of amides is 1. The van der Waals surface area contributed by atoms with Crippen LogP contribution < -0.4 is 10.5 Å². The van der Waals surface area contributed by atoms with Crippen molar-refractivity contribution in [1.82, 2.24) is 4.90 Å². The van der Waals surface area contributed by atoms with E-state index in [0.29, 0.717) is 31.8 Å². The van der Waals surface area contributed by atoms with Crippen molar-refractivity contribution in [3.05, 3.63) is 29.8 Å². The number of hydrogen-bond donors (Lipinski definition) is 1. The summed E-state index contributed by atoms with van der Waals surface area (Å²) in [5, 5.41) is 0. The lowest BCUT2D eigenvalue weighted by atomic mass is 10.1. The van der Waals surface area contributed by atoms with Gasteiger partial charge in [0.15, 0.2) is 0 Å². The summed E-state index contributed by atoms with van der Waals surface area (Å²) in [5.74, 6) is -0.184. The fourth-order valence-electron chi connectivity index (χ4n) is 2.55. The van der Waals surface area contributed by atoms with Crippen molar-refractivity contribution in [1.29, 1.82) is 0 Å². The van der Waals surface area contributed by atoms with Gasteiger partial charge in [-0.25, -0.2) is 0 Å². The Kier molecular flexibility index (Phi) is 8.95. The first kappa shape index (κ1) is 20.6. The van der Waals surface area contributed by atoms with Crippen LogP contribution in [0.25, 0.3) is 0 Å². The highest BCUT2D eigenvalue weighted by atomic mass is 35.5. The average Bonchev–Trinajstić information content (AvgIpc) is 2.55. The monoisotopic (exact) mass is 364 g/mol. The summed E-state index contributed by atoms with van der Waals surface area (Å²) < 4.78 is 34.5. The predicted molar refractivity (Wildman–Crippen MR) is 88.9 cm³/mol. The van der Waals surface area contributed by atoms with Crippen molar-refractivity contribution in [2.45, 2.75) is 32.0 Å². The van der Waals surface area contributed by atoms with Crippen LogP contribution >= 0.6 is 12.4 Å². The Balaban J connectivity index is 0.00000288. The molecule has 2 rings (SSSR count). The number of carbonyl (C=O) groups excluding carboxylic acids is 1. The smallest absolute Gasteiger partial charge is 0.387 e. The first-order valence-electron chi connectivity index (χ1n) is 7.76. The maximum atomic E-state index is 12.4. The molecule has 0 saturated carbocycles. The van der Waals surface area contributed by atoms with Crippen LogP contribution in [-0.4, -0.2) is 49.8 Å². The van der Waals surface area contributed by atoms with Crippen molar-refractivity contribution < 1.29 is 23.0 Å². The Morgan fingerprint density at radius 3 is 2.67 bits per heavy atom. The molecule has 8 heteroatoms. The minimum absolute atomic E-state index is 0. The molecule has 0 aliphatic carbocycles. The number of benzene rings is 1. The second kappa shape index (κ2) is 10.4. The van der Waals surface area contributed by atoms with Crippen LogP contribution in [0, 0.1) is 0 Å². The molecule has 0 atom stereocenters. The number of halogens is 3. The molecule has 24 heavy (non-hydrogen) atoms. The number of hydrogen-bond acceptors (Lipinski definition) is 4. The number of rotatable bonds is 7. The number of piperidine rings is 1. The van der Waals surface area contributed by atoms with Gasteiger partial charge in [0.1, 0.15) is 5.75 Å². The molecule has 1 saturated heterocycles. The molecule has 0 spiro atoms. The lowest BCUT2D eigenvalue weighted by molar-refractivity contribution is -0.0499. The molecule has 1 amide bonds. The highest BCUT2D eigenvalue weighted by Gasteiger charge is 2.24. The third-order valence-electron chi connectivity index (χ3n) is 3.74. The zero-order valence-electron chi connectivity index (χ0n) is 13.3. The molecule has 1 heterocycles. The van der Waals surface area contributed by atoms with E-state index < -0.39 is 6.61 Å². The van der Waals surface area contributed by atoms with Gasteiger partial charge < -0.3 is 20.1 Å². The summed E-state index contributed by atoms with van der Waals surface area (Å²) in [6.07, 6.45) is 2.52. The van der Waals surface area contributed by atoms with E-state index in [2.05, 4.69) is 4.74 Å². The molecule has 0 radical (unpaired) electrons. The quantitative estimate of drug-likeness (QED) is 0.755. The van der Waals surface area contributed by atoms with Crippen LogP contribution in [0.15, 0.2) is 24.3 Å². The minimum atomic E-state index is -2.90. The molecule has 2 N–H and O–H groups in total. The Morgan fingerprint density at radius 1 is 1.33 bits per heavy atom. The van der Waals surface area contributed by atoms with Crippen molar-refractivity contribution in [2.24, 2.45) is 5.73 Å². The van der Waals surface area contributed by atoms with E-state index in [4.69, 9.17) is 10.5 Å². The Bertz CT molecular complexity index is 512. The Labute approximate surface area is 146 Å². The van der Waals surface area contributed by atoms with Crippen molar-refractivity contribution >= 4 is 18.3 Å². The summed E-state index contributed by atoms with van der Waals surface area (Å²) >= 11 is 0. The number of alkyl halides is 2. The minimum Gasteiger partial charge on any atom is -0.435 e. The van der Waals surface area contributed by atoms with Gasteiger partial charge in [0.25, 0.3) is 5.91 Å². The lowest BCUT2D eigenvalue weighted by Crippen LogP contribution is -2.41. The van der Waals surface area contributed by atoms with Gasteiger partial charge in [-0.2, -0.15) is 8.78 Å². The zero-order valence-corrected chi connectivity index (χ0v) is 14.1. The molecule has 1 aliphatic heterocycles. The van der Waals surface area contributed by atoms with Gasteiger partial charge in [0.2, 0.25) is 0 Å². The van der Waals surface area contributed by atoms with E-state index in [1.54, 1.807) is 11.0 Å². The standard InChI is InChI=1S/C16H22F2N2O3.ClH/c17-16(18)23-14-4-1-3-12(11-14)15(21)20-8-5-13(6-9-20)22-10-2-7-19;/h1,3-4,11,13,16H,2,5-10,19H2;1H. The average molecular weight is 365 g/mol. The van der Waals surface area contributed by atoms with E-state index >= 15 is 0 Å². The number of nitrogens with two attached hydrogens (primary N) is 1. The van der Waals surface area contributed by atoms with Gasteiger partial charge in [-0.15, -0.1) is 12.4 Å². The molecule has 1 aromatic carbocycles. The number of nitrogens with zero attached hydrogens (tertiary/aromatic N) is 1. The first-order valence-corrected chi connectivity index (χ1v) is 7.76. The molecule has 0 bridgehead atoms. The van der Waals surface area contributed by atoms with Crippen LogP contribution in [0.1, 0.15) is 29.6 Å². The van der Waals surface area contributed by atoms with Gasteiger partial charge in [-0.3, -0.25) is 4.79 Å². The maximum absolute atomic E-state index is 12.4. The van der Waals surface area contributed by atoms with Crippen molar-refractivity contribution in [3.63, 3.8) is 0 Å². The fourth-order valence-corrected chi connectivity index (χ4v) is 2.55. The third kappa shape index (κ3) is 6.22. The van der Waals surface area contributed by atoms with Crippen LogP contribution in [0.2, 0.25) is 0 Å². The SMILES string of the molecule is Cl.NCCCOC1CCN(C(=O)c2cccc(OC(F)F)c2)CC1. The van der Waals surface area contributed by atoms with Crippen LogP contribution in [0.5, 0.6) is 5.75 Å². The van der Waals surface area contributed by atoms with E-state index in [0.717, 1.165) is 19.3 Å². The summed E-state index contributed by atoms with van der Waals surface area (Å²) in [4.78, 5) is 14.1. The second-order valence-electron chi connectivity index (χ2n) is 5.41. The lowest BCUT2D eigenvalue weighted by Gasteiger charge is -2.32. The molecule has 1 aromatic rings. The number of likely N-dealkylation sites (tertiary alicyclic amines) is 1. The Hall–Kier alpha value is -1.44. The highest BCUT2D eigenvalue weighted by molar-refractivity contribution is 5.94. The van der Waals surface area contributed by atoms with E-state index in [9.17, 15) is 13.6 Å². The molecular formula is C16H23ClF2N2O3. The van der Waals surface area contributed by atoms with Gasteiger partial charge in [-0.1, -0.05) is 6.07 Å². The fraction of sp³-hybridized carbons (Fsp3) is 0.562. The third-order valence-corrected chi connectivity index (χ3v) is 3.74. The summed E-state index contributed by atoms with van der Waals surface area (Å²) in [6, 6.07) is 5.89. The molecule has 1 aliphatic rings. The van der Waals surface area contributed by atoms with Crippen LogP contribution in [-0.2, 0) is 4.74 Å². The number of carbonyl (C=O) groups is 1. The van der Waals surface area contributed by atoms with Crippen LogP contribution in [0.3, 0.4) is 0 Å². The van der Waals surface area contributed by atoms with Crippen molar-refractivity contribution in [2.75, 3.05) is 26.2 Å². The Morgan fingerprint density at radius 2 is 2.04 bits per heavy atom. The first-order chi connectivity index (χ1) is 11.1. The zero-order chi connectivity index (χ0) is 16.7. The predicted octanol–water partition coefficient (Wildman–Crippen LogP) is 2.68. The van der Waals surface area contributed by atoms with Gasteiger partial charge >= 0.3 is 6.61 Å². The molecule has 0 unspecified atom stereocenters. The van der Waals surface area contributed by atoms with Crippen molar-refractivity contribution in [3.8, 4) is 5.75 Å². The number of ether oxygens (including phenoxy) is 2. The molecular weight excluding hydrogens is 342 g/mol. The summed E-state index contributed by atoms with van der Waals surface area (Å²) in [7, 11) is 0. The van der Waals surface area contributed by atoms with E-state index in [1.807, 2.05) is 0 Å². The largest absolute Gasteiger partial charge is 0.435 e. The maximum Gasteiger partial charge on any atom is 0.387 e. The summed E-state index contributed by atoms with van der Waals surface area (Å²) in [5.41, 5.74) is 5.78. The highest BCUT2D eigenvalue weighted by Crippen LogP contribution is 2.20. The normalized spacial score (nSPS) is 15.2. The molecule has 136 valence electrons. The molecule has 1 fully saturated rings. The second-order valence-corrected chi connectivity index (χ2v) is 5.41. The topological polar surface area (TPSA) is 64.8 Å². The van der Waals surface area contributed by atoms with Gasteiger partial charge in [-0.05, 0) is 44.0 Å². The van der Waals surface area contributed by atoms with Gasteiger partial charge in [0, 0.05) is 25.3 Å². The molecule has 0 aromatic heterocycles. The van der Waals surface area contributed by atoms with Crippen LogP contribution in [0.4, 0.5) is 8.78 Å². The van der Waals surface area contributed by atoms with E-state index in [-0.39, 0.29) is 30.2 Å². The summed E-state index contributed by atoms with van der Waals surface area (Å²) in [6.45, 7) is -0.476. The molecule has 5 nitrogen and oxygen atoms in total. The van der Waals surface area contributed by atoms with Gasteiger partial charge in [0.05, 0.1) is 6.10 Å².